The van der Waals surface area contributed by atoms with E-state index < -0.39 is 43.1 Å². The summed E-state index contributed by atoms with van der Waals surface area (Å²) in [5.74, 6) is -0.441. The van der Waals surface area contributed by atoms with Crippen molar-refractivity contribution in [3.63, 3.8) is 0 Å². The molecule has 34 heavy (non-hydrogen) atoms. The molecule has 0 saturated carbocycles. The van der Waals surface area contributed by atoms with Gasteiger partial charge in [-0.1, -0.05) is 24.3 Å². The highest BCUT2D eigenvalue weighted by Gasteiger charge is 2.33. The van der Waals surface area contributed by atoms with Gasteiger partial charge in [0, 0.05) is 17.6 Å². The summed E-state index contributed by atoms with van der Waals surface area (Å²) in [4.78, 5) is 7.05. The average molecular weight is 492 g/mol. The highest BCUT2D eigenvalue weighted by atomic mass is 19.4. The van der Waals surface area contributed by atoms with E-state index in [2.05, 4.69) is 20.6 Å². The molecule has 1 heterocycles. The first-order valence-electron chi connectivity index (χ1n) is 9.51. The minimum absolute atomic E-state index is 0.0269. The van der Waals surface area contributed by atoms with E-state index in [-0.39, 0.29) is 16.9 Å². The first-order chi connectivity index (χ1) is 15.8. The summed E-state index contributed by atoms with van der Waals surface area (Å²) in [6.45, 7) is -1.38. The van der Waals surface area contributed by atoms with Crippen LogP contribution in [0.2, 0.25) is 0 Å². The zero-order chi connectivity index (χ0) is 25.1. The van der Waals surface area contributed by atoms with Crippen LogP contribution in [0.1, 0.15) is 17.4 Å². The van der Waals surface area contributed by atoms with Crippen LogP contribution in [0, 0.1) is 0 Å². The fourth-order valence-electron chi connectivity index (χ4n) is 2.89. The van der Waals surface area contributed by atoms with E-state index in [1.54, 1.807) is 0 Å². The summed E-state index contributed by atoms with van der Waals surface area (Å²) in [5.41, 5.74) is -0.557. The Morgan fingerprint density at radius 1 is 0.853 bits per heavy atom. The Hall–Kier alpha value is -3.48. The van der Waals surface area contributed by atoms with Crippen LogP contribution in [0.15, 0.2) is 54.7 Å². The molecular weight excluding hydrogens is 476 g/mol. The van der Waals surface area contributed by atoms with E-state index in [0.717, 1.165) is 6.20 Å². The van der Waals surface area contributed by atoms with Crippen LogP contribution in [0.25, 0.3) is 11.1 Å². The second-order valence-corrected chi connectivity index (χ2v) is 7.06. The van der Waals surface area contributed by atoms with Gasteiger partial charge in [-0.2, -0.15) is 26.3 Å². The number of anilines is 3. The second kappa shape index (κ2) is 9.79. The molecule has 1 unspecified atom stereocenters. The number of aliphatic hydroxyl groups excluding tert-OH is 1. The Morgan fingerprint density at radius 3 is 2.09 bits per heavy atom. The van der Waals surface area contributed by atoms with E-state index in [9.17, 15) is 40.2 Å². The number of benzene rings is 2. The first-order valence-corrected chi connectivity index (χ1v) is 9.51. The van der Waals surface area contributed by atoms with Crippen LogP contribution in [-0.4, -0.2) is 34.2 Å². The van der Waals surface area contributed by atoms with E-state index >= 15 is 0 Å². The predicted molar refractivity (Wildman–Crippen MR) is 108 cm³/mol. The molecular formula is C21H16F8N4O. The number of halogens is 8. The number of aromatic nitrogens is 2. The number of aliphatic hydroxyl groups is 1. The SMILES string of the molecule is OC(c1ccc(-c2cc(NCC(F)(F)F)cc(Nc3nccc(C(F)(F)F)n3)c2)cc1)C(F)F. The zero-order valence-electron chi connectivity index (χ0n) is 16.9. The third-order valence-electron chi connectivity index (χ3n) is 4.45. The average Bonchev–Trinajstić information content (AvgIpc) is 2.76. The van der Waals surface area contributed by atoms with Gasteiger partial charge >= 0.3 is 12.4 Å². The standard InChI is InChI=1S/C21H16F8N4O/c22-18(23)17(34)12-3-1-11(2-4-12)13-7-14(31-10-20(24,25)26)9-15(8-13)32-19-30-6-5-16(33-19)21(27,28)29/h1-9,17-18,31,34H,10H2,(H,30,32,33). The lowest BCUT2D eigenvalue weighted by Gasteiger charge is -2.15. The Bertz CT molecular complexity index is 1120. The Kier molecular flexibility index (Phi) is 7.24. The molecule has 0 aliphatic rings. The number of nitrogens with zero attached hydrogens (tertiary/aromatic N) is 2. The molecule has 0 aliphatic heterocycles. The topological polar surface area (TPSA) is 70.1 Å². The van der Waals surface area contributed by atoms with Crippen molar-refractivity contribution >= 4 is 17.3 Å². The normalized spacial score (nSPS) is 13.1. The molecule has 3 N–H and O–H groups in total. The van der Waals surface area contributed by atoms with Gasteiger partial charge in [0.1, 0.15) is 18.3 Å². The molecule has 1 atom stereocenters. The predicted octanol–water partition coefficient (Wildman–Crippen LogP) is 6.18. The van der Waals surface area contributed by atoms with Crippen LogP contribution < -0.4 is 10.6 Å². The zero-order valence-corrected chi connectivity index (χ0v) is 16.9. The summed E-state index contributed by atoms with van der Waals surface area (Å²) in [6.07, 6.45) is -13.4. The Balaban J connectivity index is 1.96. The molecule has 0 spiro atoms. The van der Waals surface area contributed by atoms with Crippen molar-refractivity contribution in [1.29, 1.82) is 0 Å². The fraction of sp³-hybridized carbons (Fsp3) is 0.238. The number of nitrogens with one attached hydrogen (secondary N) is 2. The molecule has 0 fully saturated rings. The molecule has 2 aromatic carbocycles. The summed E-state index contributed by atoms with van der Waals surface area (Å²) in [6, 6.07) is 9.81. The second-order valence-electron chi connectivity index (χ2n) is 7.06. The van der Waals surface area contributed by atoms with Gasteiger partial charge in [-0.15, -0.1) is 0 Å². The molecule has 182 valence electrons. The minimum atomic E-state index is -4.73. The summed E-state index contributed by atoms with van der Waals surface area (Å²) in [5, 5.41) is 14.2. The van der Waals surface area contributed by atoms with Gasteiger partial charge in [-0.25, -0.2) is 18.7 Å². The van der Waals surface area contributed by atoms with Crippen molar-refractivity contribution in [2.75, 3.05) is 17.2 Å². The molecule has 0 amide bonds. The van der Waals surface area contributed by atoms with Crippen molar-refractivity contribution in [2.45, 2.75) is 24.9 Å². The number of hydrogen-bond donors (Lipinski definition) is 3. The van der Waals surface area contributed by atoms with Gasteiger partial charge in [0.15, 0.2) is 0 Å². The maximum atomic E-state index is 12.9. The van der Waals surface area contributed by atoms with Crippen molar-refractivity contribution < 1.29 is 40.2 Å². The van der Waals surface area contributed by atoms with Crippen LogP contribution in [-0.2, 0) is 6.18 Å². The van der Waals surface area contributed by atoms with Gasteiger partial charge in [-0.05, 0) is 41.0 Å². The highest BCUT2D eigenvalue weighted by Crippen LogP contribution is 2.32. The van der Waals surface area contributed by atoms with E-state index in [1.165, 1.54) is 42.5 Å². The van der Waals surface area contributed by atoms with E-state index in [1.807, 2.05) is 0 Å². The molecule has 13 heteroatoms. The molecule has 1 aromatic heterocycles. The number of alkyl halides is 8. The van der Waals surface area contributed by atoms with E-state index in [4.69, 9.17) is 0 Å². The van der Waals surface area contributed by atoms with Crippen molar-refractivity contribution in [2.24, 2.45) is 0 Å². The lowest BCUT2D eigenvalue weighted by Crippen LogP contribution is -2.21. The van der Waals surface area contributed by atoms with Gasteiger partial charge in [0.05, 0.1) is 0 Å². The molecule has 0 aliphatic carbocycles. The summed E-state index contributed by atoms with van der Waals surface area (Å²) < 4.78 is 102. The lowest BCUT2D eigenvalue weighted by atomic mass is 10.0. The summed E-state index contributed by atoms with van der Waals surface area (Å²) >= 11 is 0. The molecule has 5 nitrogen and oxygen atoms in total. The van der Waals surface area contributed by atoms with Gasteiger partial charge in [0.25, 0.3) is 6.43 Å². The van der Waals surface area contributed by atoms with Crippen LogP contribution in [0.5, 0.6) is 0 Å². The third kappa shape index (κ3) is 6.76. The van der Waals surface area contributed by atoms with Crippen LogP contribution in [0.3, 0.4) is 0 Å². The highest BCUT2D eigenvalue weighted by molar-refractivity contribution is 5.75. The van der Waals surface area contributed by atoms with Crippen LogP contribution >= 0.6 is 0 Å². The summed E-state index contributed by atoms with van der Waals surface area (Å²) in [7, 11) is 0. The van der Waals surface area contributed by atoms with Gasteiger partial charge in [-0.3, -0.25) is 0 Å². The van der Waals surface area contributed by atoms with Crippen molar-refractivity contribution in [1.82, 2.24) is 9.97 Å². The third-order valence-corrected chi connectivity index (χ3v) is 4.45. The quantitative estimate of drug-likeness (QED) is 0.344. The first kappa shape index (κ1) is 25.1. The monoisotopic (exact) mass is 492 g/mol. The molecule has 0 saturated heterocycles. The minimum Gasteiger partial charge on any atom is -0.382 e. The van der Waals surface area contributed by atoms with Crippen LogP contribution in [0.4, 0.5) is 52.4 Å². The van der Waals surface area contributed by atoms with E-state index in [0.29, 0.717) is 17.2 Å². The molecule has 0 radical (unpaired) electrons. The maximum Gasteiger partial charge on any atom is 0.433 e. The van der Waals surface area contributed by atoms with Gasteiger partial charge in [0.2, 0.25) is 5.95 Å². The largest absolute Gasteiger partial charge is 0.433 e. The fourth-order valence-corrected chi connectivity index (χ4v) is 2.89. The molecule has 3 aromatic rings. The maximum absolute atomic E-state index is 12.9. The Morgan fingerprint density at radius 2 is 1.50 bits per heavy atom. The number of hydrogen-bond acceptors (Lipinski definition) is 5. The molecule has 0 bridgehead atoms. The van der Waals surface area contributed by atoms with Gasteiger partial charge < -0.3 is 15.7 Å². The number of rotatable bonds is 7. The smallest absolute Gasteiger partial charge is 0.382 e. The van der Waals surface area contributed by atoms with Crippen molar-refractivity contribution in [3.05, 3.63) is 66.0 Å². The lowest BCUT2D eigenvalue weighted by molar-refractivity contribution is -0.141. The van der Waals surface area contributed by atoms with Crippen molar-refractivity contribution in [3.8, 4) is 11.1 Å². The molecule has 3 rings (SSSR count). The Labute approximate surface area is 187 Å².